The zero-order valence-electron chi connectivity index (χ0n) is 18.9. The van der Waals surface area contributed by atoms with E-state index >= 15 is 0 Å². The molecule has 0 fully saturated rings. The van der Waals surface area contributed by atoms with E-state index in [-0.39, 0.29) is 18.5 Å². The molecule has 0 saturated carbocycles. The van der Waals surface area contributed by atoms with Crippen molar-refractivity contribution in [1.29, 1.82) is 0 Å². The summed E-state index contributed by atoms with van der Waals surface area (Å²) in [6, 6.07) is 8.21. The number of aromatic nitrogens is 3. The third kappa shape index (κ3) is 6.44. The van der Waals surface area contributed by atoms with Crippen LogP contribution in [0.2, 0.25) is 0 Å². The number of nitrogens with zero attached hydrogens (tertiary/aromatic N) is 5. The van der Waals surface area contributed by atoms with E-state index in [1.807, 2.05) is 16.8 Å². The van der Waals surface area contributed by atoms with Crippen LogP contribution < -0.4 is 15.4 Å². The van der Waals surface area contributed by atoms with Gasteiger partial charge in [-0.05, 0) is 30.5 Å². The molecule has 0 saturated heterocycles. The van der Waals surface area contributed by atoms with Gasteiger partial charge < -0.3 is 20.3 Å². The fourth-order valence-electron chi connectivity index (χ4n) is 3.38. The average molecular weight is 428 g/mol. The average Bonchev–Trinajstić information content (AvgIpc) is 3.20. The van der Waals surface area contributed by atoms with Gasteiger partial charge >= 0.3 is 0 Å². The lowest BCUT2D eigenvalue weighted by atomic mass is 10.1. The number of nitrogens with one attached hydrogen (secondary N) is 2. The topological polar surface area (TPSA) is 96.7 Å². The quantitative estimate of drug-likeness (QED) is 0.483. The van der Waals surface area contributed by atoms with E-state index < -0.39 is 0 Å². The molecular weight excluding hydrogens is 394 g/mol. The second kappa shape index (κ2) is 10.8. The van der Waals surface area contributed by atoms with E-state index in [4.69, 9.17) is 4.74 Å². The molecule has 31 heavy (non-hydrogen) atoms. The summed E-state index contributed by atoms with van der Waals surface area (Å²) in [4.78, 5) is 22.7. The van der Waals surface area contributed by atoms with Gasteiger partial charge in [0.15, 0.2) is 11.8 Å². The highest BCUT2D eigenvalue weighted by molar-refractivity contribution is 5.84. The Morgan fingerprint density at radius 3 is 2.77 bits per heavy atom. The summed E-state index contributed by atoms with van der Waals surface area (Å²) < 4.78 is 7.20. The van der Waals surface area contributed by atoms with Gasteiger partial charge in [-0.1, -0.05) is 19.1 Å². The number of ether oxygens (including phenoxy) is 1. The molecule has 0 aliphatic carbocycles. The van der Waals surface area contributed by atoms with Crippen LogP contribution in [0.3, 0.4) is 0 Å². The zero-order chi connectivity index (χ0) is 22.2. The van der Waals surface area contributed by atoms with E-state index in [2.05, 4.69) is 44.8 Å². The summed E-state index contributed by atoms with van der Waals surface area (Å²) in [5.41, 5.74) is 1.20. The van der Waals surface area contributed by atoms with Gasteiger partial charge in [-0.3, -0.25) is 4.79 Å². The van der Waals surface area contributed by atoms with E-state index in [0.29, 0.717) is 12.5 Å². The maximum absolute atomic E-state index is 12.0. The molecule has 168 valence electrons. The number of amides is 1. The Morgan fingerprint density at radius 1 is 1.32 bits per heavy atom. The van der Waals surface area contributed by atoms with E-state index in [1.165, 1.54) is 5.56 Å². The van der Waals surface area contributed by atoms with Crippen LogP contribution in [-0.4, -0.2) is 71.9 Å². The number of likely N-dealkylation sites (N-methyl/N-ethyl adjacent to an activating group) is 1. The van der Waals surface area contributed by atoms with Crippen molar-refractivity contribution >= 4 is 11.9 Å². The summed E-state index contributed by atoms with van der Waals surface area (Å²) in [6.07, 6.45) is 3.50. The van der Waals surface area contributed by atoms with Crippen molar-refractivity contribution in [3.05, 3.63) is 41.5 Å². The van der Waals surface area contributed by atoms with Crippen molar-refractivity contribution < 1.29 is 9.53 Å². The van der Waals surface area contributed by atoms with Crippen LogP contribution in [0.25, 0.3) is 0 Å². The molecule has 9 nitrogen and oxygen atoms in total. The molecule has 3 rings (SSSR count). The highest BCUT2D eigenvalue weighted by atomic mass is 16.5. The van der Waals surface area contributed by atoms with Crippen LogP contribution in [0.4, 0.5) is 0 Å². The monoisotopic (exact) mass is 427 g/mol. The van der Waals surface area contributed by atoms with Crippen molar-refractivity contribution in [2.24, 2.45) is 4.99 Å². The zero-order valence-corrected chi connectivity index (χ0v) is 18.9. The molecule has 2 heterocycles. The Morgan fingerprint density at radius 2 is 2.10 bits per heavy atom. The lowest BCUT2D eigenvalue weighted by Gasteiger charge is -2.25. The lowest BCUT2D eigenvalue weighted by Crippen LogP contribution is -2.48. The Bertz CT molecular complexity index is 890. The summed E-state index contributed by atoms with van der Waals surface area (Å²) in [5, 5.41) is 11.4. The number of guanidine groups is 1. The summed E-state index contributed by atoms with van der Waals surface area (Å²) in [6.45, 7) is 3.61. The second-order valence-electron chi connectivity index (χ2n) is 7.84. The molecule has 0 bridgehead atoms. The summed E-state index contributed by atoms with van der Waals surface area (Å²) in [5.74, 6) is 3.39. The van der Waals surface area contributed by atoms with Crippen LogP contribution in [0.5, 0.6) is 5.75 Å². The van der Waals surface area contributed by atoms with Crippen LogP contribution in [0.1, 0.15) is 30.6 Å². The Labute approximate surface area is 183 Å². The predicted molar refractivity (Wildman–Crippen MR) is 120 cm³/mol. The first-order chi connectivity index (χ1) is 15.0. The smallest absolute Gasteiger partial charge is 0.243 e. The third-order valence-electron chi connectivity index (χ3n) is 5.30. The highest BCUT2D eigenvalue weighted by Crippen LogP contribution is 2.14. The number of aryl methyl sites for hydroxylation is 2. The normalized spacial score (nSPS) is 15.9. The predicted octanol–water partition coefficient (Wildman–Crippen LogP) is 1.03. The molecule has 9 heteroatoms. The van der Waals surface area contributed by atoms with Gasteiger partial charge in [0.1, 0.15) is 18.1 Å². The number of aliphatic imine (C=N–C) groups is 1. The minimum Gasteiger partial charge on any atom is -0.497 e. The molecule has 0 spiro atoms. The van der Waals surface area contributed by atoms with Crippen LogP contribution in [0, 0.1) is 0 Å². The molecule has 1 amide bonds. The van der Waals surface area contributed by atoms with Crippen LogP contribution in [-0.2, 0) is 30.6 Å². The number of carbonyl (C=O) groups excluding carboxylic acids is 1. The standard InChI is InChI=1S/C22H33N7O2/c1-5-19-26-20-11-8-17(15-29(20)27-19)25-22(24-14-21(30)28(2)3)23-13-12-16-6-9-18(31-4)10-7-16/h6-7,9-10,17H,5,8,11-15H2,1-4H3,(H2,23,24,25). The van der Waals surface area contributed by atoms with E-state index in [0.717, 1.165) is 49.6 Å². The maximum Gasteiger partial charge on any atom is 0.243 e. The first-order valence-corrected chi connectivity index (χ1v) is 10.8. The maximum atomic E-state index is 12.0. The number of fused-ring (bicyclic) bond motifs is 1. The molecule has 1 aromatic heterocycles. The van der Waals surface area contributed by atoms with Crippen LogP contribution >= 0.6 is 0 Å². The van der Waals surface area contributed by atoms with Crippen molar-refractivity contribution in [2.75, 3.05) is 34.3 Å². The summed E-state index contributed by atoms with van der Waals surface area (Å²) >= 11 is 0. The van der Waals surface area contributed by atoms with E-state index in [9.17, 15) is 4.79 Å². The Balaban J connectivity index is 1.60. The number of hydrogen-bond acceptors (Lipinski definition) is 5. The van der Waals surface area contributed by atoms with Gasteiger partial charge in [-0.15, -0.1) is 0 Å². The molecule has 1 aliphatic rings. The highest BCUT2D eigenvalue weighted by Gasteiger charge is 2.22. The molecule has 1 atom stereocenters. The van der Waals surface area contributed by atoms with Crippen molar-refractivity contribution in [3.8, 4) is 5.75 Å². The molecule has 1 aromatic carbocycles. The third-order valence-corrected chi connectivity index (χ3v) is 5.30. The number of rotatable bonds is 8. The molecule has 1 unspecified atom stereocenters. The number of hydrogen-bond donors (Lipinski definition) is 2. The Hall–Kier alpha value is -3.10. The largest absolute Gasteiger partial charge is 0.497 e. The van der Waals surface area contributed by atoms with E-state index in [1.54, 1.807) is 26.1 Å². The number of methoxy groups -OCH3 is 1. The molecule has 2 N–H and O–H groups in total. The van der Waals surface area contributed by atoms with Gasteiger partial charge in [0.2, 0.25) is 5.91 Å². The van der Waals surface area contributed by atoms with Crippen molar-refractivity contribution in [1.82, 2.24) is 30.3 Å². The fraction of sp³-hybridized carbons (Fsp3) is 0.545. The minimum absolute atomic E-state index is 0.0361. The molecule has 1 aliphatic heterocycles. The minimum atomic E-state index is -0.0361. The van der Waals surface area contributed by atoms with Crippen LogP contribution in [0.15, 0.2) is 29.3 Å². The molecule has 0 radical (unpaired) electrons. The first-order valence-electron chi connectivity index (χ1n) is 10.8. The first kappa shape index (κ1) is 22.6. The van der Waals surface area contributed by atoms with Crippen molar-refractivity contribution in [2.45, 2.75) is 45.2 Å². The second-order valence-corrected chi connectivity index (χ2v) is 7.84. The van der Waals surface area contributed by atoms with Crippen molar-refractivity contribution in [3.63, 3.8) is 0 Å². The van der Waals surface area contributed by atoms with Gasteiger partial charge in [-0.25, -0.2) is 14.7 Å². The SMILES string of the molecule is CCc1nc2n(n1)CC(NC(=NCC(=O)N(C)C)NCCc1ccc(OC)cc1)CC2. The Kier molecular flexibility index (Phi) is 7.86. The van der Waals surface area contributed by atoms with Gasteiger partial charge in [0.25, 0.3) is 0 Å². The lowest BCUT2D eigenvalue weighted by molar-refractivity contribution is -0.127. The fourth-order valence-corrected chi connectivity index (χ4v) is 3.38. The molecule has 2 aromatic rings. The number of carbonyl (C=O) groups is 1. The number of benzene rings is 1. The van der Waals surface area contributed by atoms with Gasteiger partial charge in [0.05, 0.1) is 13.7 Å². The van der Waals surface area contributed by atoms with Gasteiger partial charge in [-0.2, -0.15) is 5.10 Å². The van der Waals surface area contributed by atoms with Gasteiger partial charge in [0, 0.05) is 39.5 Å². The summed E-state index contributed by atoms with van der Waals surface area (Å²) in [7, 11) is 5.14. The molecular formula is C22H33N7O2.